The fourth-order valence-corrected chi connectivity index (χ4v) is 3.50. The number of amides is 1. The highest BCUT2D eigenvalue weighted by Crippen LogP contribution is 2.15. The summed E-state index contributed by atoms with van der Waals surface area (Å²) < 4.78 is 19.1. The summed E-state index contributed by atoms with van der Waals surface area (Å²) in [4.78, 5) is 21.1. The maximum absolute atomic E-state index is 13.6. The van der Waals surface area contributed by atoms with Crippen molar-refractivity contribution in [3.8, 4) is 0 Å². The number of nitrogens with one attached hydrogen (secondary N) is 1. The second kappa shape index (κ2) is 10.7. The summed E-state index contributed by atoms with van der Waals surface area (Å²) in [6, 6.07) is 4.55. The number of piperazine rings is 1. The third-order valence-electron chi connectivity index (χ3n) is 5.40. The number of unbranched alkanes of at least 4 members (excludes halogenated alkanes) is 1. The van der Waals surface area contributed by atoms with Crippen molar-refractivity contribution in [2.75, 3.05) is 38.0 Å². The molecule has 2 N–H and O–H groups in total. The van der Waals surface area contributed by atoms with Crippen molar-refractivity contribution in [1.82, 2.24) is 14.8 Å². The second-order valence-corrected chi connectivity index (χ2v) is 7.92. The molecule has 0 spiro atoms. The number of carbonyl (C=O) groups excluding carboxylic acids is 1. The Morgan fingerprint density at radius 1 is 1.30 bits per heavy atom. The first-order valence-electron chi connectivity index (χ1n) is 10.6. The Morgan fingerprint density at radius 2 is 2.03 bits per heavy atom. The van der Waals surface area contributed by atoms with Crippen LogP contribution in [-0.4, -0.2) is 64.6 Å². The normalized spacial score (nSPS) is 16.5. The van der Waals surface area contributed by atoms with E-state index in [4.69, 9.17) is 4.42 Å². The van der Waals surface area contributed by atoms with E-state index in [-0.39, 0.29) is 17.6 Å². The van der Waals surface area contributed by atoms with Gasteiger partial charge in [-0.2, -0.15) is 0 Å². The van der Waals surface area contributed by atoms with Gasteiger partial charge in [-0.3, -0.25) is 14.6 Å². The summed E-state index contributed by atoms with van der Waals surface area (Å²) in [5.41, 5.74) is 1.07. The largest absolute Gasteiger partial charge is 0.447 e. The van der Waals surface area contributed by atoms with Crippen LogP contribution in [0.15, 0.2) is 28.9 Å². The van der Waals surface area contributed by atoms with Crippen LogP contribution in [0.3, 0.4) is 0 Å². The average molecular weight is 419 g/mol. The van der Waals surface area contributed by atoms with Gasteiger partial charge < -0.3 is 14.8 Å². The van der Waals surface area contributed by atoms with Crippen LogP contribution >= 0.6 is 0 Å². The smallest absolute Gasteiger partial charge is 0.277 e. The molecule has 0 radical (unpaired) electrons. The van der Waals surface area contributed by atoms with Gasteiger partial charge in [0.15, 0.2) is 5.69 Å². The Hall–Kier alpha value is -2.29. The Bertz CT molecular complexity index is 834. The van der Waals surface area contributed by atoms with Crippen LogP contribution in [0.4, 0.5) is 10.1 Å². The number of aryl methyl sites for hydroxylation is 1. The molecule has 1 atom stereocenters. The Labute approximate surface area is 176 Å². The quantitative estimate of drug-likeness (QED) is 0.651. The number of halogens is 1. The van der Waals surface area contributed by atoms with Crippen LogP contribution in [-0.2, 0) is 6.54 Å². The number of nitrogens with zero attached hydrogens (tertiary/aromatic N) is 3. The number of β-amino-alcohol motifs (C(OH)–C–C–N with tert-alkyl or cyclic N) is 1. The standard InChI is InChI=1S/C22H31FN4O3/c1-3-4-5-18(28)13-26-8-10-27(11-9-26)14-21-25-20(15-30-21)22(29)24-17-7-6-16(2)19(23)12-17/h6-7,12,15,18,28H,3-5,8-11,13-14H2,1-2H3,(H,24,29)/t18-/m0/s1. The van der Waals surface area contributed by atoms with Crippen molar-refractivity contribution in [2.45, 2.75) is 45.8 Å². The molecule has 1 fully saturated rings. The minimum Gasteiger partial charge on any atom is -0.447 e. The summed E-state index contributed by atoms with van der Waals surface area (Å²) in [5, 5.41) is 12.7. The molecular formula is C22H31FN4O3. The number of benzene rings is 1. The van der Waals surface area contributed by atoms with Gasteiger partial charge in [0.1, 0.15) is 12.1 Å². The van der Waals surface area contributed by atoms with Crippen molar-refractivity contribution < 1.29 is 18.7 Å². The highest BCUT2D eigenvalue weighted by atomic mass is 19.1. The maximum Gasteiger partial charge on any atom is 0.277 e. The van der Waals surface area contributed by atoms with Gasteiger partial charge in [0.05, 0.1) is 12.6 Å². The van der Waals surface area contributed by atoms with Gasteiger partial charge >= 0.3 is 0 Å². The van der Waals surface area contributed by atoms with Gasteiger partial charge in [-0.25, -0.2) is 9.37 Å². The molecule has 30 heavy (non-hydrogen) atoms. The van der Waals surface area contributed by atoms with Gasteiger partial charge in [0.25, 0.3) is 5.91 Å². The van der Waals surface area contributed by atoms with E-state index < -0.39 is 5.91 Å². The molecule has 0 aliphatic carbocycles. The van der Waals surface area contributed by atoms with Gasteiger partial charge in [0, 0.05) is 38.4 Å². The summed E-state index contributed by atoms with van der Waals surface area (Å²) >= 11 is 0. The van der Waals surface area contributed by atoms with E-state index in [9.17, 15) is 14.3 Å². The van der Waals surface area contributed by atoms with E-state index in [1.807, 2.05) is 0 Å². The first-order chi connectivity index (χ1) is 14.4. The molecule has 1 aliphatic rings. The lowest BCUT2D eigenvalue weighted by atomic mass is 10.1. The van der Waals surface area contributed by atoms with Crippen LogP contribution in [0.5, 0.6) is 0 Å². The van der Waals surface area contributed by atoms with Crippen molar-refractivity contribution in [3.63, 3.8) is 0 Å². The summed E-state index contributed by atoms with van der Waals surface area (Å²) in [7, 11) is 0. The summed E-state index contributed by atoms with van der Waals surface area (Å²) in [6.07, 6.45) is 4.08. The van der Waals surface area contributed by atoms with Crippen LogP contribution in [0.1, 0.15) is 48.1 Å². The first kappa shape index (κ1) is 22.4. The van der Waals surface area contributed by atoms with Crippen LogP contribution in [0.25, 0.3) is 0 Å². The van der Waals surface area contributed by atoms with Crippen LogP contribution in [0.2, 0.25) is 0 Å². The number of rotatable bonds is 9. The molecule has 1 saturated heterocycles. The Morgan fingerprint density at radius 3 is 2.73 bits per heavy atom. The first-order valence-corrected chi connectivity index (χ1v) is 10.6. The topological polar surface area (TPSA) is 81.8 Å². The molecule has 3 rings (SSSR count). The number of carbonyl (C=O) groups is 1. The number of aromatic nitrogens is 1. The molecule has 0 saturated carbocycles. The van der Waals surface area contributed by atoms with Crippen LogP contribution < -0.4 is 5.32 Å². The minimum absolute atomic E-state index is 0.170. The fraction of sp³-hybridized carbons (Fsp3) is 0.545. The van der Waals surface area contributed by atoms with Crippen molar-refractivity contribution in [1.29, 1.82) is 0 Å². The van der Waals surface area contributed by atoms with Gasteiger partial charge in [-0.1, -0.05) is 25.8 Å². The van der Waals surface area contributed by atoms with Gasteiger partial charge in [-0.15, -0.1) is 0 Å². The van der Waals surface area contributed by atoms with E-state index >= 15 is 0 Å². The Balaban J connectivity index is 1.45. The van der Waals surface area contributed by atoms with Gasteiger partial charge in [0.2, 0.25) is 5.89 Å². The minimum atomic E-state index is -0.431. The predicted octanol–water partition coefficient (Wildman–Crippen LogP) is 3.04. The van der Waals surface area contributed by atoms with Crippen molar-refractivity contribution in [3.05, 3.63) is 47.4 Å². The third-order valence-corrected chi connectivity index (χ3v) is 5.40. The number of anilines is 1. The molecule has 2 heterocycles. The van der Waals surface area contributed by atoms with E-state index in [0.717, 1.165) is 52.0 Å². The maximum atomic E-state index is 13.6. The molecule has 1 amide bonds. The molecule has 0 unspecified atom stereocenters. The highest BCUT2D eigenvalue weighted by molar-refractivity contribution is 6.02. The van der Waals surface area contributed by atoms with Crippen molar-refractivity contribution in [2.24, 2.45) is 0 Å². The predicted molar refractivity (Wildman–Crippen MR) is 113 cm³/mol. The molecule has 1 aromatic carbocycles. The molecule has 2 aromatic rings. The second-order valence-electron chi connectivity index (χ2n) is 7.92. The zero-order chi connectivity index (χ0) is 21.5. The lowest BCUT2D eigenvalue weighted by molar-refractivity contribution is 0.0627. The molecular weight excluding hydrogens is 387 g/mol. The van der Waals surface area contributed by atoms with E-state index in [0.29, 0.717) is 23.7 Å². The molecule has 1 aromatic heterocycles. The lowest BCUT2D eigenvalue weighted by Gasteiger charge is -2.35. The van der Waals surface area contributed by atoms with E-state index in [1.165, 1.54) is 12.3 Å². The average Bonchev–Trinajstić information content (AvgIpc) is 3.19. The molecule has 164 valence electrons. The third kappa shape index (κ3) is 6.35. The SMILES string of the molecule is CCCC[C@H](O)CN1CCN(Cc2nc(C(=O)Nc3ccc(C)c(F)c3)co2)CC1. The zero-order valence-corrected chi connectivity index (χ0v) is 17.7. The van der Waals surface area contributed by atoms with E-state index in [1.54, 1.807) is 19.1 Å². The Kier molecular flexibility index (Phi) is 7.95. The molecule has 8 heteroatoms. The number of hydrogen-bond donors (Lipinski definition) is 2. The number of aliphatic hydroxyl groups is 1. The lowest BCUT2D eigenvalue weighted by Crippen LogP contribution is -2.48. The summed E-state index contributed by atoms with van der Waals surface area (Å²) in [5.74, 6) is -0.323. The van der Waals surface area contributed by atoms with Crippen molar-refractivity contribution >= 4 is 11.6 Å². The number of aliphatic hydroxyl groups excluding tert-OH is 1. The highest BCUT2D eigenvalue weighted by Gasteiger charge is 2.21. The molecule has 1 aliphatic heterocycles. The van der Waals surface area contributed by atoms with E-state index in [2.05, 4.69) is 27.0 Å². The monoisotopic (exact) mass is 418 g/mol. The zero-order valence-electron chi connectivity index (χ0n) is 17.7. The summed E-state index contributed by atoms with van der Waals surface area (Å²) in [6.45, 7) is 8.52. The number of oxazole rings is 1. The van der Waals surface area contributed by atoms with Gasteiger partial charge in [-0.05, 0) is 31.0 Å². The molecule has 7 nitrogen and oxygen atoms in total. The van der Waals surface area contributed by atoms with Crippen LogP contribution in [0, 0.1) is 12.7 Å². The number of hydrogen-bond acceptors (Lipinski definition) is 6. The fourth-order valence-electron chi connectivity index (χ4n) is 3.50. The molecule has 0 bridgehead atoms.